The van der Waals surface area contributed by atoms with Gasteiger partial charge in [0, 0.05) is 96.4 Å². The Bertz CT molecular complexity index is 2190. The number of nitrogens with one attached hydrogen (secondary N) is 3. The second-order valence-corrected chi connectivity index (χ2v) is 14.6. The molecule has 286 valence electrons. The number of aryl methyl sites for hydroxylation is 5. The number of benzene rings is 3. The average molecular weight is 773 g/mol. The summed E-state index contributed by atoms with van der Waals surface area (Å²) in [6.45, 7) is 11.0. The predicted octanol–water partition coefficient (Wildman–Crippen LogP) is 7.75. The van der Waals surface area contributed by atoms with Gasteiger partial charge >= 0.3 is 0 Å². The van der Waals surface area contributed by atoms with Crippen molar-refractivity contribution in [3.8, 4) is 16.9 Å². The summed E-state index contributed by atoms with van der Waals surface area (Å²) in [6.07, 6.45) is 6.53. The van der Waals surface area contributed by atoms with Crippen molar-refractivity contribution in [2.45, 2.75) is 53.5 Å². The largest absolute Gasteiger partial charge is 0.494 e. The number of hydrogen-bond donors (Lipinski definition) is 4. The van der Waals surface area contributed by atoms with Crippen LogP contribution in [0, 0.1) is 27.7 Å². The minimum absolute atomic E-state index is 0.121. The van der Waals surface area contributed by atoms with E-state index >= 15 is 0 Å². The Morgan fingerprint density at radius 1 is 1.07 bits per heavy atom. The molecular weight excluding hydrogens is 721 g/mol. The summed E-state index contributed by atoms with van der Waals surface area (Å²) < 4.78 is 10.3. The van der Waals surface area contributed by atoms with Gasteiger partial charge in [0.25, 0.3) is 0 Å². The van der Waals surface area contributed by atoms with Crippen molar-refractivity contribution in [2.24, 2.45) is 24.9 Å². The number of hydrazine groups is 2. The number of anilines is 1. The molecule has 54 heavy (non-hydrogen) atoms. The van der Waals surface area contributed by atoms with Crippen LogP contribution in [0.25, 0.3) is 33.7 Å². The predicted molar refractivity (Wildman–Crippen MR) is 224 cm³/mol. The summed E-state index contributed by atoms with van der Waals surface area (Å²) in [5.41, 5.74) is 14.7. The summed E-state index contributed by atoms with van der Waals surface area (Å²) in [7, 11) is 7.44. The average Bonchev–Trinajstić information content (AvgIpc) is 3.57. The van der Waals surface area contributed by atoms with Gasteiger partial charge in [0.15, 0.2) is 0 Å². The molecule has 0 spiro atoms. The van der Waals surface area contributed by atoms with Gasteiger partial charge in [-0.3, -0.25) is 25.7 Å². The summed E-state index contributed by atoms with van der Waals surface area (Å²) in [6, 6.07) is 14.1. The van der Waals surface area contributed by atoms with E-state index in [0.29, 0.717) is 36.8 Å². The van der Waals surface area contributed by atoms with Gasteiger partial charge in [-0.1, -0.05) is 29.3 Å². The van der Waals surface area contributed by atoms with Gasteiger partial charge < -0.3 is 19.9 Å². The molecule has 13 heteroatoms. The van der Waals surface area contributed by atoms with E-state index in [2.05, 4.69) is 56.1 Å². The van der Waals surface area contributed by atoms with Gasteiger partial charge in [0.05, 0.1) is 23.0 Å². The van der Waals surface area contributed by atoms with Gasteiger partial charge in [-0.25, -0.2) is 0 Å². The molecule has 0 aliphatic heterocycles. The molecule has 0 bridgehead atoms. The second kappa shape index (κ2) is 17.6. The fraction of sp³-hybridized carbons (Fsp3) is 0.341. The molecular formula is C41H51Cl2N9O2. The number of nitrogens with zero attached hydrogens (tertiary/aromatic N) is 5. The molecule has 1 amide bonds. The molecule has 3 aromatic carbocycles. The minimum atomic E-state index is -0.121. The number of amidine groups is 1. The van der Waals surface area contributed by atoms with Crippen LogP contribution in [0.2, 0.25) is 10.0 Å². The number of rotatable bonds is 15. The van der Waals surface area contributed by atoms with E-state index in [1.54, 1.807) is 14.1 Å². The number of amides is 1. The highest BCUT2D eigenvalue weighted by Gasteiger charge is 2.24. The lowest BCUT2D eigenvalue weighted by atomic mass is 9.91. The molecule has 0 saturated carbocycles. The van der Waals surface area contributed by atoms with Crippen molar-refractivity contribution < 1.29 is 9.53 Å². The van der Waals surface area contributed by atoms with Crippen LogP contribution in [-0.2, 0) is 18.9 Å². The van der Waals surface area contributed by atoms with Crippen molar-refractivity contribution in [3.63, 3.8) is 0 Å². The quantitative estimate of drug-likeness (QED) is 0.0214. The molecule has 0 unspecified atom stereocenters. The van der Waals surface area contributed by atoms with Gasteiger partial charge in [0.2, 0.25) is 6.41 Å². The maximum atomic E-state index is 11.3. The Hall–Kier alpha value is -4.81. The van der Waals surface area contributed by atoms with Crippen molar-refractivity contribution >= 4 is 63.7 Å². The van der Waals surface area contributed by atoms with Crippen LogP contribution >= 0.6 is 23.2 Å². The standard InChI is InChI=1S/C41H51Cl2N9O2/c1-24-17-32(18-25(2)39(24)43)54-16-10-11-29(19-31-22-50(7)36-15-12-30(20-34(31)36)41(45-6)49-52(9)44)33-13-14-35(42)38(37-27(4)48-51(8)28(37)5)40(33)47-26(3)21-46-23-53/h12-15,17-20,22-23,26,47H,10-11,16,21,44H2,1-9H3,(H,45,49)(H,46,53)/b29-19+/t26-/m1/s1. The van der Waals surface area contributed by atoms with E-state index in [1.807, 2.05) is 77.7 Å². The first-order valence-electron chi connectivity index (χ1n) is 17.9. The first kappa shape index (κ1) is 40.4. The fourth-order valence-electron chi connectivity index (χ4n) is 6.91. The van der Waals surface area contributed by atoms with Crippen LogP contribution in [-0.4, -0.2) is 65.0 Å². The van der Waals surface area contributed by atoms with Crippen molar-refractivity contribution in [3.05, 3.63) is 97.9 Å². The Morgan fingerprint density at radius 3 is 2.43 bits per heavy atom. The number of aromatic nitrogens is 3. The number of carbonyl (C=O) groups is 1. The van der Waals surface area contributed by atoms with Crippen LogP contribution in [0.3, 0.4) is 0 Å². The third-order valence-electron chi connectivity index (χ3n) is 9.56. The third-order valence-corrected chi connectivity index (χ3v) is 10.5. The van der Waals surface area contributed by atoms with E-state index in [9.17, 15) is 4.79 Å². The molecule has 0 saturated heterocycles. The monoisotopic (exact) mass is 771 g/mol. The van der Waals surface area contributed by atoms with Gasteiger partial charge in [-0.2, -0.15) is 10.2 Å². The number of hydrogen-bond acceptors (Lipinski definition) is 7. The third kappa shape index (κ3) is 8.93. The normalized spacial score (nSPS) is 12.8. The van der Waals surface area contributed by atoms with Gasteiger partial charge in [-0.05, 0) is 107 Å². The molecule has 11 nitrogen and oxygen atoms in total. The second-order valence-electron chi connectivity index (χ2n) is 13.8. The zero-order chi connectivity index (χ0) is 39.3. The Morgan fingerprint density at radius 2 is 1.80 bits per heavy atom. The number of ether oxygens (including phenoxy) is 1. The highest BCUT2D eigenvalue weighted by atomic mass is 35.5. The number of aliphatic imine (C=N–C) groups is 1. The van der Waals surface area contributed by atoms with E-state index in [1.165, 1.54) is 5.12 Å². The molecule has 2 aromatic heterocycles. The maximum absolute atomic E-state index is 11.3. The topological polar surface area (TPSA) is 127 Å². The first-order chi connectivity index (χ1) is 25.7. The van der Waals surface area contributed by atoms with Crippen LogP contribution in [0.1, 0.15) is 59.0 Å². The maximum Gasteiger partial charge on any atom is 0.207 e. The summed E-state index contributed by atoms with van der Waals surface area (Å²) in [5.74, 6) is 7.38. The number of fused-ring (bicyclic) bond motifs is 1. The lowest BCUT2D eigenvalue weighted by molar-refractivity contribution is -0.109. The number of allylic oxidation sites excluding steroid dienone is 1. The van der Waals surface area contributed by atoms with E-state index < -0.39 is 0 Å². The zero-order valence-corrected chi connectivity index (χ0v) is 34.1. The smallest absolute Gasteiger partial charge is 0.207 e. The summed E-state index contributed by atoms with van der Waals surface area (Å²) >= 11 is 13.6. The van der Waals surface area contributed by atoms with E-state index in [0.717, 1.165) is 89.7 Å². The molecule has 0 radical (unpaired) electrons. The molecule has 5 aromatic rings. The van der Waals surface area contributed by atoms with Crippen LogP contribution in [0.5, 0.6) is 5.75 Å². The molecule has 5 N–H and O–H groups in total. The molecule has 1 atom stereocenters. The minimum Gasteiger partial charge on any atom is -0.494 e. The molecule has 5 rings (SSSR count). The van der Waals surface area contributed by atoms with Crippen LogP contribution in [0.4, 0.5) is 5.69 Å². The number of halogens is 2. The molecule has 0 aliphatic rings. The summed E-state index contributed by atoms with van der Waals surface area (Å²) in [5, 5.41) is 15.1. The van der Waals surface area contributed by atoms with Crippen molar-refractivity contribution in [1.82, 2.24) is 30.2 Å². The lowest BCUT2D eigenvalue weighted by Gasteiger charge is -2.24. The Labute approximate surface area is 328 Å². The van der Waals surface area contributed by atoms with Gasteiger partial charge in [0.1, 0.15) is 11.6 Å². The SMILES string of the molecule is CN=C(NN(C)N)c1ccc2c(c1)c(/C=C(\CCCOc1cc(C)c(Cl)c(C)c1)c1ccc(Cl)c(-c3c(C)nn(C)c3C)c1N[C@H](C)CNC=O)cn2C. The van der Waals surface area contributed by atoms with Crippen molar-refractivity contribution in [2.75, 3.05) is 32.6 Å². The van der Waals surface area contributed by atoms with Crippen LogP contribution in [0.15, 0.2) is 53.7 Å². The Kier molecular flexibility index (Phi) is 13.1. The van der Waals surface area contributed by atoms with E-state index in [4.69, 9.17) is 38.9 Å². The van der Waals surface area contributed by atoms with Crippen molar-refractivity contribution in [1.29, 1.82) is 0 Å². The molecule has 2 heterocycles. The van der Waals surface area contributed by atoms with Gasteiger partial charge in [-0.15, -0.1) is 0 Å². The fourth-order valence-corrected chi connectivity index (χ4v) is 7.27. The zero-order valence-electron chi connectivity index (χ0n) is 32.6. The van der Waals surface area contributed by atoms with Crippen LogP contribution < -0.4 is 26.6 Å². The molecule has 0 aliphatic carbocycles. The highest BCUT2D eigenvalue weighted by molar-refractivity contribution is 6.34. The Balaban J connectivity index is 1.68. The first-order valence-corrected chi connectivity index (χ1v) is 18.7. The molecule has 0 fully saturated rings. The number of nitrogens with two attached hydrogens (primary N) is 1. The summed E-state index contributed by atoms with van der Waals surface area (Å²) in [4.78, 5) is 15.8. The lowest BCUT2D eigenvalue weighted by Crippen LogP contribution is -2.44. The number of carbonyl (C=O) groups excluding carboxylic acids is 1. The highest BCUT2D eigenvalue weighted by Crippen LogP contribution is 2.44. The van der Waals surface area contributed by atoms with E-state index in [-0.39, 0.29) is 6.04 Å².